The first kappa shape index (κ1) is 20.5. The highest BCUT2D eigenvalue weighted by Crippen LogP contribution is 2.31. The van der Waals surface area contributed by atoms with Gasteiger partial charge in [0.25, 0.3) is 5.91 Å². The zero-order valence-electron chi connectivity index (χ0n) is 18.0. The molecule has 1 atom stereocenters. The highest BCUT2D eigenvalue weighted by atomic mass is 32.1. The van der Waals surface area contributed by atoms with Crippen LogP contribution in [0.2, 0.25) is 0 Å². The van der Waals surface area contributed by atoms with Crippen molar-refractivity contribution in [1.29, 1.82) is 0 Å². The van der Waals surface area contributed by atoms with E-state index >= 15 is 0 Å². The summed E-state index contributed by atoms with van der Waals surface area (Å²) in [5.41, 5.74) is 3.02. The van der Waals surface area contributed by atoms with Crippen molar-refractivity contribution in [2.24, 2.45) is 7.05 Å². The van der Waals surface area contributed by atoms with Crippen molar-refractivity contribution >= 4 is 39.2 Å². The maximum absolute atomic E-state index is 12.2. The molecule has 0 radical (unpaired) electrons. The molecular weight excluding hydrogens is 430 g/mol. The van der Waals surface area contributed by atoms with Gasteiger partial charge < -0.3 is 24.3 Å². The summed E-state index contributed by atoms with van der Waals surface area (Å²) in [5.74, 6) is 0.827. The van der Waals surface area contributed by atoms with E-state index in [1.807, 2.05) is 35.5 Å². The second kappa shape index (κ2) is 8.24. The maximum Gasteiger partial charge on any atom is 0.254 e. The minimum atomic E-state index is -0.0655. The average Bonchev–Trinajstić information content (AvgIpc) is 3.54. The summed E-state index contributed by atoms with van der Waals surface area (Å²) in [6, 6.07) is 3.72. The van der Waals surface area contributed by atoms with Crippen molar-refractivity contribution in [2.45, 2.75) is 12.5 Å². The van der Waals surface area contributed by atoms with Crippen LogP contribution in [0.25, 0.3) is 16.7 Å². The van der Waals surface area contributed by atoms with E-state index in [4.69, 9.17) is 9.47 Å². The maximum atomic E-state index is 12.2. The van der Waals surface area contributed by atoms with Gasteiger partial charge in [0.1, 0.15) is 11.6 Å². The monoisotopic (exact) mass is 453 g/mol. The number of hydrogen-bond acceptors (Lipinski definition) is 8. The summed E-state index contributed by atoms with van der Waals surface area (Å²) in [6.07, 6.45) is 6.37. The van der Waals surface area contributed by atoms with E-state index in [0.717, 1.165) is 28.1 Å². The Morgan fingerprint density at radius 2 is 2.25 bits per heavy atom. The van der Waals surface area contributed by atoms with Crippen LogP contribution in [-0.4, -0.2) is 68.5 Å². The lowest BCUT2D eigenvalue weighted by molar-refractivity contribution is 0.0828. The molecule has 0 spiro atoms. The molecule has 166 valence electrons. The van der Waals surface area contributed by atoms with Crippen molar-refractivity contribution in [3.8, 4) is 11.6 Å². The topological polar surface area (TPSA) is 99.3 Å². The summed E-state index contributed by atoms with van der Waals surface area (Å²) in [5, 5.41) is 10.1. The zero-order chi connectivity index (χ0) is 22.2. The van der Waals surface area contributed by atoms with Gasteiger partial charge in [-0.05, 0) is 12.1 Å². The number of amides is 1. The van der Waals surface area contributed by atoms with E-state index in [2.05, 4.69) is 20.4 Å². The molecule has 0 bridgehead atoms. The van der Waals surface area contributed by atoms with E-state index in [1.165, 1.54) is 11.3 Å². The fourth-order valence-electron chi connectivity index (χ4n) is 3.55. The molecule has 1 N–H and O–H groups in total. The molecule has 0 saturated carbocycles. The van der Waals surface area contributed by atoms with E-state index in [-0.39, 0.29) is 12.0 Å². The minimum Gasteiger partial charge on any atom is -0.470 e. The fraction of sp³-hybridized carbons (Fsp3) is 0.333. The Morgan fingerprint density at radius 3 is 2.97 bits per heavy atom. The van der Waals surface area contributed by atoms with Crippen LogP contribution in [0.15, 0.2) is 36.1 Å². The number of nitrogens with one attached hydrogen (secondary N) is 1. The Bertz CT molecular complexity index is 1270. The Labute approximate surface area is 188 Å². The number of nitrogens with zero attached hydrogens (tertiary/aromatic N) is 6. The number of rotatable bonds is 6. The third-order valence-corrected chi connectivity index (χ3v) is 5.97. The second-order valence-corrected chi connectivity index (χ2v) is 8.68. The standard InChI is InChI=1S/C21H23N7O3S/c1-26(2)20(29)13-8-17(32-12-13)24-21-23-16-4-6-28(14-9-22-27(3)10-14)18(16)19(25-21)31-15-5-7-30-11-15/h4,6,8-10,12,15H,5,7,11H2,1-3H3,(H,23,24,25)/t15-/m1/s1. The van der Waals surface area contributed by atoms with E-state index in [1.54, 1.807) is 35.9 Å². The summed E-state index contributed by atoms with van der Waals surface area (Å²) >= 11 is 1.42. The van der Waals surface area contributed by atoms with Crippen LogP contribution in [0.4, 0.5) is 10.9 Å². The lowest BCUT2D eigenvalue weighted by Crippen LogP contribution is -2.20. The molecule has 5 heterocycles. The number of aryl methyl sites for hydroxylation is 1. The van der Waals surface area contributed by atoms with Crippen LogP contribution < -0.4 is 10.1 Å². The van der Waals surface area contributed by atoms with Gasteiger partial charge in [-0.1, -0.05) is 0 Å². The first-order valence-electron chi connectivity index (χ1n) is 10.2. The molecule has 32 heavy (non-hydrogen) atoms. The number of ether oxygens (including phenoxy) is 2. The Morgan fingerprint density at radius 1 is 1.38 bits per heavy atom. The molecule has 0 unspecified atom stereocenters. The number of carbonyl (C=O) groups is 1. The summed E-state index contributed by atoms with van der Waals surface area (Å²) in [7, 11) is 5.33. The fourth-order valence-corrected chi connectivity index (χ4v) is 4.31. The number of fused-ring (bicyclic) bond motifs is 1. The quantitative estimate of drug-likeness (QED) is 0.479. The van der Waals surface area contributed by atoms with Crippen LogP contribution in [0.3, 0.4) is 0 Å². The van der Waals surface area contributed by atoms with Gasteiger partial charge in [-0.15, -0.1) is 11.3 Å². The normalized spacial score (nSPS) is 15.9. The van der Waals surface area contributed by atoms with Gasteiger partial charge in [-0.3, -0.25) is 9.48 Å². The molecule has 1 fully saturated rings. The molecule has 5 rings (SSSR count). The van der Waals surface area contributed by atoms with Gasteiger partial charge in [0, 0.05) is 45.3 Å². The number of thiophene rings is 1. The highest BCUT2D eigenvalue weighted by molar-refractivity contribution is 7.14. The predicted molar refractivity (Wildman–Crippen MR) is 121 cm³/mol. The first-order chi connectivity index (χ1) is 15.5. The molecule has 0 aliphatic carbocycles. The summed E-state index contributed by atoms with van der Waals surface area (Å²) in [6.45, 7) is 1.20. The van der Waals surface area contributed by atoms with Gasteiger partial charge >= 0.3 is 0 Å². The molecule has 10 nitrogen and oxygen atoms in total. The van der Waals surface area contributed by atoms with Gasteiger partial charge in [-0.25, -0.2) is 4.98 Å². The summed E-state index contributed by atoms with van der Waals surface area (Å²) in [4.78, 5) is 23.1. The second-order valence-electron chi connectivity index (χ2n) is 7.77. The van der Waals surface area contributed by atoms with Crippen molar-refractivity contribution < 1.29 is 14.3 Å². The molecule has 1 aliphatic heterocycles. The van der Waals surface area contributed by atoms with Gasteiger partial charge in [-0.2, -0.15) is 10.1 Å². The largest absolute Gasteiger partial charge is 0.470 e. The molecule has 1 saturated heterocycles. The predicted octanol–water partition coefficient (Wildman–Crippen LogP) is 2.83. The first-order valence-corrected chi connectivity index (χ1v) is 11.1. The summed E-state index contributed by atoms with van der Waals surface area (Å²) < 4.78 is 15.4. The molecule has 11 heteroatoms. The van der Waals surface area contributed by atoms with Gasteiger partial charge in [0.15, 0.2) is 0 Å². The van der Waals surface area contributed by atoms with Crippen LogP contribution in [0.1, 0.15) is 16.8 Å². The van der Waals surface area contributed by atoms with Crippen molar-refractivity contribution in [1.82, 2.24) is 29.2 Å². The molecular formula is C21H23N7O3S. The van der Waals surface area contributed by atoms with Crippen molar-refractivity contribution in [2.75, 3.05) is 32.6 Å². The number of anilines is 2. The van der Waals surface area contributed by atoms with Gasteiger partial charge in [0.2, 0.25) is 11.8 Å². The SMILES string of the molecule is CN(C)C(=O)c1csc(Nc2nc(O[C@@H]3CCOC3)c3c(ccn3-c3cnn(C)c3)n2)c1. The third kappa shape index (κ3) is 3.92. The van der Waals surface area contributed by atoms with E-state index < -0.39 is 0 Å². The van der Waals surface area contributed by atoms with Crippen molar-refractivity contribution in [3.63, 3.8) is 0 Å². The van der Waals surface area contributed by atoms with Crippen molar-refractivity contribution in [3.05, 3.63) is 41.7 Å². The van der Waals surface area contributed by atoms with E-state index in [9.17, 15) is 4.79 Å². The zero-order valence-corrected chi connectivity index (χ0v) is 18.8. The number of aromatic nitrogens is 5. The Hall–Kier alpha value is -3.44. The Balaban J connectivity index is 1.52. The lowest BCUT2D eigenvalue weighted by Gasteiger charge is -2.14. The molecule has 0 aromatic carbocycles. The molecule has 4 aromatic heterocycles. The molecule has 1 amide bonds. The van der Waals surface area contributed by atoms with Crippen LogP contribution in [0.5, 0.6) is 5.88 Å². The molecule has 4 aromatic rings. The minimum absolute atomic E-state index is 0.0514. The number of hydrogen-bond donors (Lipinski definition) is 1. The third-order valence-electron chi connectivity index (χ3n) is 5.12. The highest BCUT2D eigenvalue weighted by Gasteiger charge is 2.22. The smallest absolute Gasteiger partial charge is 0.254 e. The number of carbonyl (C=O) groups excluding carboxylic acids is 1. The molecule has 1 aliphatic rings. The van der Waals surface area contributed by atoms with E-state index in [0.29, 0.717) is 30.6 Å². The average molecular weight is 454 g/mol. The van der Waals surface area contributed by atoms with Crippen LogP contribution in [0, 0.1) is 0 Å². The Kier molecular flexibility index (Phi) is 5.27. The van der Waals surface area contributed by atoms with Crippen LogP contribution >= 0.6 is 11.3 Å². The van der Waals surface area contributed by atoms with Crippen LogP contribution in [-0.2, 0) is 11.8 Å². The van der Waals surface area contributed by atoms with Gasteiger partial charge in [0.05, 0.1) is 41.2 Å². The lowest BCUT2D eigenvalue weighted by atomic mass is 10.3.